The Kier molecular flexibility index (Phi) is 8.97. The van der Waals surface area contributed by atoms with Gasteiger partial charge in [-0.2, -0.15) is 0 Å². The van der Waals surface area contributed by atoms with Crippen LogP contribution < -0.4 is 5.73 Å². The number of likely N-dealkylation sites (N-methyl/N-ethyl adjacent to an activating group) is 2. The number of hydrogen-bond acceptors (Lipinski definition) is 4. The minimum absolute atomic E-state index is 0.0444. The number of nitrogens with two attached hydrogens (primary N) is 1. The molecule has 0 rings (SSSR count). The highest BCUT2D eigenvalue weighted by molar-refractivity contribution is 5.81. The van der Waals surface area contributed by atoms with E-state index in [2.05, 4.69) is 11.8 Å². The fourth-order valence-electron chi connectivity index (χ4n) is 2.10. The lowest BCUT2D eigenvalue weighted by molar-refractivity contribution is -0.134. The maximum atomic E-state index is 12.2. The Morgan fingerprint density at radius 1 is 1.39 bits per heavy atom. The van der Waals surface area contributed by atoms with E-state index in [1.165, 1.54) is 0 Å². The number of methoxy groups -OCH3 is 1. The average Bonchev–Trinajstić information content (AvgIpc) is 2.28. The highest BCUT2D eigenvalue weighted by atomic mass is 16.5. The number of nitrogens with zero attached hydrogens (tertiary/aromatic N) is 2. The summed E-state index contributed by atoms with van der Waals surface area (Å²) in [5.74, 6) is 0.0444. The normalized spacial score (nSPS) is 14.6. The Labute approximate surface area is 111 Å². The van der Waals surface area contributed by atoms with Gasteiger partial charge in [-0.05, 0) is 40.8 Å². The zero-order valence-corrected chi connectivity index (χ0v) is 12.5. The van der Waals surface area contributed by atoms with Crippen LogP contribution >= 0.6 is 0 Å². The van der Waals surface area contributed by atoms with Gasteiger partial charge >= 0.3 is 0 Å². The van der Waals surface area contributed by atoms with Crippen LogP contribution in [0.2, 0.25) is 0 Å². The molecular weight excluding hydrogens is 230 g/mol. The van der Waals surface area contributed by atoms with Gasteiger partial charge < -0.3 is 20.3 Å². The predicted molar refractivity (Wildman–Crippen MR) is 74.5 cm³/mol. The van der Waals surface area contributed by atoms with Crippen molar-refractivity contribution in [3.05, 3.63) is 0 Å². The van der Waals surface area contributed by atoms with Gasteiger partial charge in [0, 0.05) is 32.8 Å². The SMILES string of the molecule is CCN(C(=O)C(N)CCCOC)C(C)CN(C)C. The Morgan fingerprint density at radius 2 is 2.00 bits per heavy atom. The lowest BCUT2D eigenvalue weighted by atomic mass is 10.1. The molecule has 0 fully saturated rings. The van der Waals surface area contributed by atoms with Crippen molar-refractivity contribution in [2.75, 3.05) is 40.9 Å². The van der Waals surface area contributed by atoms with Gasteiger partial charge in [0.2, 0.25) is 5.91 Å². The van der Waals surface area contributed by atoms with Gasteiger partial charge in [0.15, 0.2) is 0 Å². The average molecular weight is 259 g/mol. The molecule has 0 aromatic heterocycles. The van der Waals surface area contributed by atoms with Crippen LogP contribution in [0.1, 0.15) is 26.7 Å². The summed E-state index contributed by atoms with van der Waals surface area (Å²) in [5, 5.41) is 0. The third-order valence-corrected chi connectivity index (χ3v) is 2.97. The van der Waals surface area contributed by atoms with E-state index in [1.54, 1.807) is 7.11 Å². The highest BCUT2D eigenvalue weighted by Gasteiger charge is 2.23. The summed E-state index contributed by atoms with van der Waals surface area (Å²) in [7, 11) is 5.67. The number of rotatable bonds is 9. The van der Waals surface area contributed by atoms with Gasteiger partial charge in [0.25, 0.3) is 0 Å². The Hall–Kier alpha value is -0.650. The Bertz CT molecular complexity index is 234. The molecule has 0 aliphatic rings. The predicted octanol–water partition coefficient (Wildman–Crippen LogP) is 0.539. The first kappa shape index (κ1) is 17.4. The molecule has 0 aromatic rings. The van der Waals surface area contributed by atoms with Crippen LogP contribution in [-0.4, -0.2) is 68.7 Å². The lowest BCUT2D eigenvalue weighted by Gasteiger charge is -2.32. The topological polar surface area (TPSA) is 58.8 Å². The summed E-state index contributed by atoms with van der Waals surface area (Å²) in [6, 6.07) is -0.226. The van der Waals surface area contributed by atoms with E-state index in [9.17, 15) is 4.79 Å². The molecule has 18 heavy (non-hydrogen) atoms. The van der Waals surface area contributed by atoms with Crippen molar-refractivity contribution in [3.63, 3.8) is 0 Å². The minimum Gasteiger partial charge on any atom is -0.385 e. The lowest BCUT2D eigenvalue weighted by Crippen LogP contribution is -2.50. The fourth-order valence-corrected chi connectivity index (χ4v) is 2.10. The molecule has 0 heterocycles. The Balaban J connectivity index is 4.31. The summed E-state index contributed by atoms with van der Waals surface area (Å²) < 4.78 is 4.97. The molecular formula is C13H29N3O2. The fraction of sp³-hybridized carbons (Fsp3) is 0.923. The van der Waals surface area contributed by atoms with Crippen LogP contribution in [0.15, 0.2) is 0 Å². The Morgan fingerprint density at radius 3 is 2.44 bits per heavy atom. The molecule has 0 radical (unpaired) electrons. The maximum Gasteiger partial charge on any atom is 0.239 e. The van der Waals surface area contributed by atoms with Crippen molar-refractivity contribution >= 4 is 5.91 Å². The van der Waals surface area contributed by atoms with Gasteiger partial charge in [-0.3, -0.25) is 4.79 Å². The number of amides is 1. The second kappa shape index (κ2) is 9.30. The molecule has 5 heteroatoms. The molecule has 0 saturated heterocycles. The second-order valence-electron chi connectivity index (χ2n) is 4.98. The highest BCUT2D eigenvalue weighted by Crippen LogP contribution is 2.06. The molecule has 0 aromatic carbocycles. The van der Waals surface area contributed by atoms with Gasteiger partial charge in [-0.25, -0.2) is 0 Å². The van der Waals surface area contributed by atoms with Crippen molar-refractivity contribution in [2.24, 2.45) is 5.73 Å². The first-order valence-corrected chi connectivity index (χ1v) is 6.63. The monoisotopic (exact) mass is 259 g/mol. The molecule has 5 nitrogen and oxygen atoms in total. The molecule has 0 spiro atoms. The molecule has 0 aliphatic carbocycles. The summed E-state index contributed by atoms with van der Waals surface area (Å²) in [5.41, 5.74) is 5.94. The van der Waals surface area contributed by atoms with E-state index < -0.39 is 6.04 Å². The van der Waals surface area contributed by atoms with Crippen LogP contribution in [0.25, 0.3) is 0 Å². The van der Waals surface area contributed by atoms with E-state index in [-0.39, 0.29) is 11.9 Å². The maximum absolute atomic E-state index is 12.2. The van der Waals surface area contributed by atoms with Crippen LogP contribution in [0, 0.1) is 0 Å². The van der Waals surface area contributed by atoms with Crippen molar-refractivity contribution in [2.45, 2.75) is 38.8 Å². The zero-order chi connectivity index (χ0) is 14.1. The number of carbonyl (C=O) groups excluding carboxylic acids is 1. The molecule has 0 saturated carbocycles. The summed E-state index contributed by atoms with van der Waals surface area (Å²) in [6.45, 7) is 6.26. The van der Waals surface area contributed by atoms with Crippen LogP contribution in [0.4, 0.5) is 0 Å². The van der Waals surface area contributed by atoms with Gasteiger partial charge in [0.1, 0.15) is 0 Å². The van der Waals surface area contributed by atoms with Gasteiger partial charge in [-0.15, -0.1) is 0 Å². The largest absolute Gasteiger partial charge is 0.385 e. The van der Waals surface area contributed by atoms with Crippen molar-refractivity contribution in [3.8, 4) is 0 Å². The number of ether oxygens (including phenoxy) is 1. The van der Waals surface area contributed by atoms with Crippen LogP contribution in [0.3, 0.4) is 0 Å². The van der Waals surface area contributed by atoms with Gasteiger partial charge in [0.05, 0.1) is 6.04 Å². The standard InChI is InChI=1S/C13H29N3O2/c1-6-16(11(2)10-15(3)4)13(17)12(14)8-7-9-18-5/h11-12H,6-10,14H2,1-5H3. The third kappa shape index (κ3) is 6.33. The summed E-state index contributed by atoms with van der Waals surface area (Å²) in [4.78, 5) is 16.2. The summed E-state index contributed by atoms with van der Waals surface area (Å²) >= 11 is 0. The van der Waals surface area contributed by atoms with E-state index in [0.717, 1.165) is 13.0 Å². The van der Waals surface area contributed by atoms with Crippen LogP contribution in [0.5, 0.6) is 0 Å². The molecule has 0 aliphatic heterocycles. The smallest absolute Gasteiger partial charge is 0.239 e. The van der Waals surface area contributed by atoms with Crippen molar-refractivity contribution < 1.29 is 9.53 Å². The molecule has 2 N–H and O–H groups in total. The number of hydrogen-bond donors (Lipinski definition) is 1. The van der Waals surface area contributed by atoms with E-state index in [4.69, 9.17) is 10.5 Å². The van der Waals surface area contributed by atoms with Gasteiger partial charge in [-0.1, -0.05) is 0 Å². The third-order valence-electron chi connectivity index (χ3n) is 2.97. The first-order valence-electron chi connectivity index (χ1n) is 6.63. The quantitative estimate of drug-likeness (QED) is 0.614. The van der Waals surface area contributed by atoms with Crippen molar-refractivity contribution in [1.82, 2.24) is 9.80 Å². The summed E-state index contributed by atoms with van der Waals surface area (Å²) in [6.07, 6.45) is 1.50. The first-order chi connectivity index (χ1) is 8.43. The van der Waals surface area contributed by atoms with Crippen LogP contribution in [-0.2, 0) is 9.53 Å². The van der Waals surface area contributed by atoms with E-state index in [1.807, 2.05) is 25.9 Å². The second-order valence-corrected chi connectivity index (χ2v) is 4.98. The molecule has 1 amide bonds. The molecule has 0 bridgehead atoms. The molecule has 2 unspecified atom stereocenters. The molecule has 108 valence electrons. The minimum atomic E-state index is -0.412. The zero-order valence-electron chi connectivity index (χ0n) is 12.5. The molecule has 2 atom stereocenters. The number of carbonyl (C=O) groups is 1. The van der Waals surface area contributed by atoms with E-state index >= 15 is 0 Å². The van der Waals surface area contributed by atoms with Crippen molar-refractivity contribution in [1.29, 1.82) is 0 Å². The van der Waals surface area contributed by atoms with E-state index in [0.29, 0.717) is 19.6 Å².